The molecule has 0 fully saturated rings. The number of halogens is 1. The maximum atomic E-state index is 11.4. The first kappa shape index (κ1) is 24.7. The van der Waals surface area contributed by atoms with E-state index in [1.807, 2.05) is 12.1 Å². The highest BCUT2D eigenvalue weighted by Crippen LogP contribution is 2.10. The van der Waals surface area contributed by atoms with Crippen LogP contribution in [0.15, 0.2) is 97.8 Å². The maximum absolute atomic E-state index is 11.4. The molecule has 2 aromatic carbocycles. The van der Waals surface area contributed by atoms with Gasteiger partial charge in [-0.1, -0.05) is 36.4 Å². The van der Waals surface area contributed by atoms with E-state index in [0.29, 0.717) is 23.1 Å². The zero-order valence-corrected chi connectivity index (χ0v) is 17.9. The Bertz CT molecular complexity index is 1050. The van der Waals surface area contributed by atoms with Crippen molar-refractivity contribution in [3.63, 3.8) is 0 Å². The Hall–Kier alpha value is -4.57. The number of ether oxygens (including phenoxy) is 2. The monoisotopic (exact) mass is 466 g/mol. The third-order valence-electron chi connectivity index (χ3n) is 3.31. The van der Waals surface area contributed by atoms with Crippen LogP contribution in [0.1, 0.15) is 0 Å². The first-order valence-electron chi connectivity index (χ1n) is 9.26. The average molecular weight is 467 g/mol. The highest BCUT2D eigenvalue weighted by atomic mass is 35.5. The van der Waals surface area contributed by atoms with Crippen LogP contribution in [0.5, 0.6) is 11.5 Å². The molecule has 0 spiro atoms. The van der Waals surface area contributed by atoms with E-state index < -0.39 is 11.5 Å². The van der Waals surface area contributed by atoms with Crippen molar-refractivity contribution in [3.05, 3.63) is 97.8 Å². The molecule has 3 N–H and O–H groups in total. The van der Waals surface area contributed by atoms with E-state index in [4.69, 9.17) is 22.1 Å². The van der Waals surface area contributed by atoms with Crippen LogP contribution in [0.25, 0.3) is 0 Å². The van der Waals surface area contributed by atoms with Gasteiger partial charge < -0.3 is 15.2 Å². The molecule has 168 valence electrons. The zero-order valence-electron chi connectivity index (χ0n) is 17.1. The lowest BCUT2D eigenvalue weighted by atomic mass is 10.3. The highest BCUT2D eigenvalue weighted by Gasteiger charge is 2.04. The van der Waals surface area contributed by atoms with Crippen LogP contribution in [-0.2, 0) is 0 Å². The quantitative estimate of drug-likeness (QED) is 0.415. The molecule has 10 nitrogen and oxygen atoms in total. The molecule has 4 rings (SSSR count). The number of nitrogens with one attached hydrogen (secondary N) is 1. The van der Waals surface area contributed by atoms with Gasteiger partial charge in [0.25, 0.3) is 0 Å². The predicted molar refractivity (Wildman–Crippen MR) is 123 cm³/mol. The number of nitrogens with two attached hydrogens (primary N) is 1. The molecule has 0 atom stereocenters. The SMILES string of the molecule is Nc1ccncn1.O=C(Cl)Oc1ccccc1.O=C(Nc1ccncn1)Oc1ccccc1. The zero-order chi connectivity index (χ0) is 23.7. The first-order valence-corrected chi connectivity index (χ1v) is 9.64. The number of amides is 1. The Morgan fingerprint density at radius 1 is 0.758 bits per heavy atom. The molecule has 11 heteroatoms. The summed E-state index contributed by atoms with van der Waals surface area (Å²) in [5.74, 6) is 1.85. The van der Waals surface area contributed by atoms with Gasteiger partial charge in [0.05, 0.1) is 0 Å². The van der Waals surface area contributed by atoms with Crippen molar-refractivity contribution in [1.82, 2.24) is 19.9 Å². The van der Waals surface area contributed by atoms with E-state index in [1.54, 1.807) is 66.9 Å². The number of benzene rings is 2. The van der Waals surface area contributed by atoms with Gasteiger partial charge >= 0.3 is 11.5 Å². The van der Waals surface area contributed by atoms with Gasteiger partial charge in [0.1, 0.15) is 35.8 Å². The Morgan fingerprint density at radius 3 is 1.73 bits per heavy atom. The fraction of sp³-hybridized carbons (Fsp3) is 0. The predicted octanol–water partition coefficient (Wildman–Crippen LogP) is 4.57. The first-order chi connectivity index (χ1) is 16.0. The van der Waals surface area contributed by atoms with E-state index in [1.165, 1.54) is 18.9 Å². The van der Waals surface area contributed by atoms with Crippen molar-refractivity contribution < 1.29 is 19.1 Å². The van der Waals surface area contributed by atoms with Crippen LogP contribution < -0.4 is 20.5 Å². The summed E-state index contributed by atoms with van der Waals surface area (Å²) in [6.45, 7) is 0. The Balaban J connectivity index is 0.000000193. The minimum atomic E-state index is -0.814. The van der Waals surface area contributed by atoms with Crippen molar-refractivity contribution in [1.29, 1.82) is 0 Å². The second-order valence-corrected chi connectivity index (χ2v) is 6.02. The molecule has 0 saturated heterocycles. The van der Waals surface area contributed by atoms with Crippen LogP contribution in [-0.4, -0.2) is 31.5 Å². The van der Waals surface area contributed by atoms with Crippen molar-refractivity contribution in [2.45, 2.75) is 0 Å². The molecule has 0 unspecified atom stereocenters. The lowest BCUT2D eigenvalue weighted by Gasteiger charge is -2.04. The number of nitrogens with zero attached hydrogens (tertiary/aromatic N) is 4. The standard InChI is InChI=1S/C11H9N3O2.C7H5ClO2.C4H5N3/c15-11(14-10-6-7-12-8-13-10)16-9-4-2-1-3-5-9;8-7(9)10-6-4-2-1-3-5-6;5-4-1-2-6-3-7-4/h1-8H,(H,12,13,14,15);1-5H;1-3H,(H2,5,6,7). The molecule has 0 saturated carbocycles. The van der Waals surface area contributed by atoms with Crippen molar-refractivity contribution in [3.8, 4) is 11.5 Å². The van der Waals surface area contributed by atoms with Gasteiger partial charge in [-0.25, -0.2) is 29.5 Å². The van der Waals surface area contributed by atoms with Crippen LogP contribution >= 0.6 is 11.6 Å². The lowest BCUT2D eigenvalue weighted by molar-refractivity contribution is 0.215. The molecular weight excluding hydrogens is 448 g/mol. The Morgan fingerprint density at radius 2 is 1.30 bits per heavy atom. The molecule has 0 bridgehead atoms. The fourth-order valence-corrected chi connectivity index (χ4v) is 2.06. The molecule has 1 amide bonds. The summed E-state index contributed by atoms with van der Waals surface area (Å²) in [5.41, 5.74) is 4.39. The van der Waals surface area contributed by atoms with Crippen LogP contribution in [0.4, 0.5) is 21.2 Å². The second-order valence-electron chi connectivity index (χ2n) is 5.71. The average Bonchev–Trinajstić information content (AvgIpc) is 2.82. The van der Waals surface area contributed by atoms with Crippen LogP contribution in [0.3, 0.4) is 0 Å². The van der Waals surface area contributed by atoms with Gasteiger partial charge in [0.2, 0.25) is 0 Å². The molecule has 0 aliphatic rings. The van der Waals surface area contributed by atoms with Gasteiger partial charge in [-0.15, -0.1) is 0 Å². The molecular formula is C22H19ClN6O4. The molecule has 2 heterocycles. The molecule has 2 aromatic heterocycles. The summed E-state index contributed by atoms with van der Waals surface area (Å²) in [4.78, 5) is 36.4. The smallest absolute Gasteiger partial charge is 0.415 e. The van der Waals surface area contributed by atoms with Gasteiger partial charge in [0, 0.05) is 24.0 Å². The number of aromatic nitrogens is 4. The third kappa shape index (κ3) is 11.4. The van der Waals surface area contributed by atoms with Gasteiger partial charge in [-0.3, -0.25) is 5.32 Å². The molecule has 0 radical (unpaired) electrons. The summed E-state index contributed by atoms with van der Waals surface area (Å²) in [6.07, 6.45) is 5.31. The van der Waals surface area contributed by atoms with E-state index >= 15 is 0 Å². The van der Waals surface area contributed by atoms with E-state index in [2.05, 4.69) is 30.0 Å². The number of rotatable bonds is 3. The van der Waals surface area contributed by atoms with E-state index in [-0.39, 0.29) is 0 Å². The van der Waals surface area contributed by atoms with Crippen LogP contribution in [0, 0.1) is 0 Å². The summed E-state index contributed by atoms with van der Waals surface area (Å²) < 4.78 is 9.55. The number of hydrogen-bond acceptors (Lipinski definition) is 9. The molecule has 4 aromatic rings. The summed E-state index contributed by atoms with van der Waals surface area (Å²) >= 11 is 4.95. The number of nitrogen functional groups attached to an aromatic ring is 1. The molecule has 33 heavy (non-hydrogen) atoms. The molecule has 0 aliphatic heterocycles. The number of carbonyl (C=O) groups excluding carboxylic acids is 2. The van der Waals surface area contributed by atoms with Gasteiger partial charge in [-0.2, -0.15) is 0 Å². The number of para-hydroxylation sites is 2. The number of anilines is 2. The van der Waals surface area contributed by atoms with Crippen molar-refractivity contribution in [2.75, 3.05) is 11.1 Å². The largest absolute Gasteiger partial charge is 0.418 e. The van der Waals surface area contributed by atoms with Crippen LogP contribution in [0.2, 0.25) is 0 Å². The summed E-state index contributed by atoms with van der Waals surface area (Å²) in [7, 11) is 0. The fourth-order valence-electron chi connectivity index (χ4n) is 1.97. The van der Waals surface area contributed by atoms with Gasteiger partial charge in [0.15, 0.2) is 0 Å². The van der Waals surface area contributed by atoms with Crippen molar-refractivity contribution >= 4 is 34.8 Å². The number of hydrogen-bond donors (Lipinski definition) is 2. The normalized spacial score (nSPS) is 9.12. The maximum Gasteiger partial charge on any atom is 0.418 e. The highest BCUT2D eigenvalue weighted by molar-refractivity contribution is 6.61. The minimum Gasteiger partial charge on any atom is -0.415 e. The molecule has 0 aliphatic carbocycles. The summed E-state index contributed by atoms with van der Waals surface area (Å²) in [6, 6.07) is 20.7. The number of carbonyl (C=O) groups is 2. The lowest BCUT2D eigenvalue weighted by Crippen LogP contribution is -2.17. The minimum absolute atomic E-state index is 0.399. The Kier molecular flexibility index (Phi) is 10.8. The summed E-state index contributed by atoms with van der Waals surface area (Å²) in [5, 5.41) is 2.48. The van der Waals surface area contributed by atoms with E-state index in [9.17, 15) is 9.59 Å². The van der Waals surface area contributed by atoms with E-state index in [0.717, 1.165) is 0 Å². The topological polar surface area (TPSA) is 142 Å². The second kappa shape index (κ2) is 14.4. The van der Waals surface area contributed by atoms with Gasteiger partial charge in [-0.05, 0) is 36.4 Å². The van der Waals surface area contributed by atoms with Crippen molar-refractivity contribution in [2.24, 2.45) is 0 Å². The Labute approximate surface area is 194 Å². The third-order valence-corrected chi connectivity index (χ3v) is 3.39.